The van der Waals surface area contributed by atoms with Crippen molar-refractivity contribution in [2.45, 2.75) is 26.7 Å². The Balaban J connectivity index is 0.00000341. The summed E-state index contributed by atoms with van der Waals surface area (Å²) in [4.78, 5) is 25.8. The minimum Gasteiger partial charge on any atom is -0.357 e. The first-order valence-electron chi connectivity index (χ1n) is 10.5. The molecule has 1 aromatic carbocycles. The molecule has 1 fully saturated rings. The Morgan fingerprint density at radius 2 is 1.94 bits per heavy atom. The molecule has 1 N–H and O–H groups in total. The van der Waals surface area contributed by atoms with Crippen molar-refractivity contribution in [2.75, 3.05) is 39.3 Å². The second-order valence-corrected chi connectivity index (χ2v) is 7.90. The predicted molar refractivity (Wildman–Crippen MR) is 137 cm³/mol. The highest BCUT2D eigenvalue weighted by Crippen LogP contribution is 2.13. The van der Waals surface area contributed by atoms with Gasteiger partial charge in [-0.3, -0.25) is 14.8 Å². The van der Waals surface area contributed by atoms with Gasteiger partial charge in [-0.25, -0.2) is 0 Å². The van der Waals surface area contributed by atoms with Gasteiger partial charge in [-0.15, -0.1) is 24.0 Å². The molecule has 0 atom stereocenters. The average Bonchev–Trinajstić information content (AvgIpc) is 2.74. The third-order valence-corrected chi connectivity index (χ3v) is 5.53. The van der Waals surface area contributed by atoms with Crippen LogP contribution in [0.4, 0.5) is 0 Å². The second kappa shape index (κ2) is 12.9. The van der Waals surface area contributed by atoms with Crippen molar-refractivity contribution < 1.29 is 4.79 Å². The van der Waals surface area contributed by atoms with Crippen LogP contribution >= 0.6 is 35.6 Å². The topological polar surface area (TPSA) is 60.8 Å². The molecule has 0 unspecified atom stereocenters. The molecule has 31 heavy (non-hydrogen) atoms. The number of rotatable bonds is 6. The molecular formula is C23H31ClIN5O. The third kappa shape index (κ3) is 7.64. The Hall–Kier alpha value is -1.87. The van der Waals surface area contributed by atoms with Crippen LogP contribution in [0.1, 0.15) is 23.6 Å². The standard InChI is InChI=1S/C23H30ClN5O.HI/c1-3-26-23(27-10-8-20-7-9-25-17-18(20)2)29-13-11-28(12-14-29)22(30)16-19-5-4-6-21(24)15-19;/h4-7,9,15,17H,3,8,10-14,16H2,1-2H3,(H,26,27);1H. The zero-order valence-electron chi connectivity index (χ0n) is 18.2. The SMILES string of the molecule is CCNC(=NCCc1ccncc1C)N1CCN(C(=O)Cc2cccc(Cl)c2)CC1.I. The van der Waals surface area contributed by atoms with Crippen molar-refractivity contribution in [3.8, 4) is 0 Å². The Labute approximate surface area is 207 Å². The lowest BCUT2D eigenvalue weighted by Gasteiger charge is -2.36. The van der Waals surface area contributed by atoms with E-state index in [1.165, 1.54) is 11.1 Å². The van der Waals surface area contributed by atoms with E-state index in [2.05, 4.69) is 35.1 Å². The highest BCUT2D eigenvalue weighted by atomic mass is 127. The Bertz CT molecular complexity index is 884. The molecule has 2 heterocycles. The molecule has 2 aromatic rings. The van der Waals surface area contributed by atoms with Gasteiger partial charge < -0.3 is 15.1 Å². The summed E-state index contributed by atoms with van der Waals surface area (Å²) in [5.74, 6) is 1.07. The number of nitrogens with one attached hydrogen (secondary N) is 1. The highest BCUT2D eigenvalue weighted by molar-refractivity contribution is 14.0. The fourth-order valence-corrected chi connectivity index (χ4v) is 3.80. The van der Waals surface area contributed by atoms with E-state index in [1.54, 1.807) is 0 Å². The summed E-state index contributed by atoms with van der Waals surface area (Å²) in [6.07, 6.45) is 5.00. The summed E-state index contributed by atoms with van der Waals surface area (Å²) >= 11 is 6.03. The Morgan fingerprint density at radius 3 is 2.61 bits per heavy atom. The fraction of sp³-hybridized carbons (Fsp3) is 0.435. The van der Waals surface area contributed by atoms with Crippen LogP contribution in [0.3, 0.4) is 0 Å². The quantitative estimate of drug-likeness (QED) is 0.337. The number of carbonyl (C=O) groups excluding carboxylic acids is 1. The van der Waals surface area contributed by atoms with Crippen molar-refractivity contribution in [2.24, 2.45) is 4.99 Å². The first kappa shape index (κ1) is 25.4. The first-order valence-corrected chi connectivity index (χ1v) is 10.9. The maximum absolute atomic E-state index is 12.7. The van der Waals surface area contributed by atoms with E-state index in [1.807, 2.05) is 41.6 Å². The van der Waals surface area contributed by atoms with Gasteiger partial charge in [0.2, 0.25) is 5.91 Å². The van der Waals surface area contributed by atoms with Crippen molar-refractivity contribution in [3.63, 3.8) is 0 Å². The number of nitrogens with zero attached hydrogens (tertiary/aromatic N) is 4. The number of benzene rings is 1. The minimum atomic E-state index is 0. The summed E-state index contributed by atoms with van der Waals surface area (Å²) in [5, 5.41) is 4.05. The number of amides is 1. The number of aryl methyl sites for hydroxylation is 1. The van der Waals surface area contributed by atoms with Gasteiger partial charge in [-0.1, -0.05) is 23.7 Å². The molecule has 3 rings (SSSR count). The van der Waals surface area contributed by atoms with Gasteiger partial charge in [0, 0.05) is 56.7 Å². The lowest BCUT2D eigenvalue weighted by Crippen LogP contribution is -2.54. The van der Waals surface area contributed by atoms with Crippen molar-refractivity contribution in [1.82, 2.24) is 20.1 Å². The van der Waals surface area contributed by atoms with Crippen molar-refractivity contribution in [1.29, 1.82) is 0 Å². The molecule has 0 bridgehead atoms. The highest BCUT2D eigenvalue weighted by Gasteiger charge is 2.23. The number of hydrogen-bond acceptors (Lipinski definition) is 3. The fourth-order valence-electron chi connectivity index (χ4n) is 3.59. The molecule has 0 aliphatic carbocycles. The largest absolute Gasteiger partial charge is 0.357 e. The van der Waals surface area contributed by atoms with E-state index >= 15 is 0 Å². The van der Waals surface area contributed by atoms with Crippen LogP contribution in [0.25, 0.3) is 0 Å². The number of hydrogen-bond donors (Lipinski definition) is 1. The second-order valence-electron chi connectivity index (χ2n) is 7.46. The van der Waals surface area contributed by atoms with E-state index in [-0.39, 0.29) is 29.9 Å². The monoisotopic (exact) mass is 555 g/mol. The first-order chi connectivity index (χ1) is 14.6. The number of piperazine rings is 1. The number of pyridine rings is 1. The number of guanidine groups is 1. The molecule has 1 aliphatic rings. The van der Waals surface area contributed by atoms with Crippen molar-refractivity contribution in [3.05, 3.63) is 64.4 Å². The average molecular weight is 556 g/mol. The molecule has 6 nitrogen and oxygen atoms in total. The van der Waals surface area contributed by atoms with Gasteiger partial charge in [0.05, 0.1) is 6.42 Å². The summed E-state index contributed by atoms with van der Waals surface area (Å²) in [6.45, 7) is 8.66. The summed E-state index contributed by atoms with van der Waals surface area (Å²) < 4.78 is 0. The molecule has 1 amide bonds. The van der Waals surface area contributed by atoms with Gasteiger partial charge >= 0.3 is 0 Å². The molecular weight excluding hydrogens is 525 g/mol. The number of aliphatic imine (C=N–C) groups is 1. The number of aromatic nitrogens is 1. The van der Waals surface area contributed by atoms with Crippen LogP contribution < -0.4 is 5.32 Å². The zero-order valence-corrected chi connectivity index (χ0v) is 21.3. The van der Waals surface area contributed by atoms with Crippen LogP contribution in [-0.2, 0) is 17.6 Å². The maximum atomic E-state index is 12.7. The minimum absolute atomic E-state index is 0. The number of carbonyl (C=O) groups is 1. The predicted octanol–water partition coefficient (Wildman–Crippen LogP) is 3.56. The van der Waals surface area contributed by atoms with E-state index in [9.17, 15) is 4.79 Å². The van der Waals surface area contributed by atoms with E-state index in [0.29, 0.717) is 24.5 Å². The third-order valence-electron chi connectivity index (χ3n) is 5.29. The summed E-state index contributed by atoms with van der Waals surface area (Å²) in [6, 6.07) is 9.57. The maximum Gasteiger partial charge on any atom is 0.227 e. The van der Waals surface area contributed by atoms with Crippen LogP contribution in [0.15, 0.2) is 47.7 Å². The lowest BCUT2D eigenvalue weighted by atomic mass is 10.1. The van der Waals surface area contributed by atoms with Gasteiger partial charge in [-0.2, -0.15) is 0 Å². The van der Waals surface area contributed by atoms with Gasteiger partial charge in [0.25, 0.3) is 0 Å². The van der Waals surface area contributed by atoms with E-state index in [0.717, 1.165) is 44.1 Å². The van der Waals surface area contributed by atoms with Crippen LogP contribution in [-0.4, -0.2) is 65.9 Å². The van der Waals surface area contributed by atoms with E-state index in [4.69, 9.17) is 16.6 Å². The van der Waals surface area contributed by atoms with Crippen molar-refractivity contribution >= 4 is 47.4 Å². The summed E-state index contributed by atoms with van der Waals surface area (Å²) in [7, 11) is 0. The lowest BCUT2D eigenvalue weighted by molar-refractivity contribution is -0.131. The molecule has 1 aliphatic heterocycles. The Kier molecular flexibility index (Phi) is 10.5. The van der Waals surface area contributed by atoms with Crippen LogP contribution in [0.2, 0.25) is 5.02 Å². The number of halogens is 2. The molecule has 1 saturated heterocycles. The van der Waals surface area contributed by atoms with Gasteiger partial charge in [-0.05, 0) is 55.2 Å². The van der Waals surface area contributed by atoms with Crippen LogP contribution in [0, 0.1) is 6.92 Å². The van der Waals surface area contributed by atoms with Crippen LogP contribution in [0.5, 0.6) is 0 Å². The smallest absolute Gasteiger partial charge is 0.227 e. The molecule has 1 aromatic heterocycles. The van der Waals surface area contributed by atoms with E-state index < -0.39 is 0 Å². The normalized spacial score (nSPS) is 14.2. The van der Waals surface area contributed by atoms with Gasteiger partial charge in [0.15, 0.2) is 5.96 Å². The zero-order chi connectivity index (χ0) is 21.3. The summed E-state index contributed by atoms with van der Waals surface area (Å²) in [5.41, 5.74) is 3.43. The van der Waals surface area contributed by atoms with Gasteiger partial charge in [0.1, 0.15) is 0 Å². The molecule has 0 radical (unpaired) electrons. The molecule has 8 heteroatoms. The Morgan fingerprint density at radius 1 is 1.19 bits per heavy atom. The molecule has 0 spiro atoms. The molecule has 168 valence electrons. The molecule has 0 saturated carbocycles.